The molecule has 1 aliphatic heterocycles. The van der Waals surface area contributed by atoms with Gasteiger partial charge >= 0.3 is 0 Å². The number of rotatable bonds is 2. The van der Waals surface area contributed by atoms with E-state index in [0.29, 0.717) is 24.6 Å². The summed E-state index contributed by atoms with van der Waals surface area (Å²) in [6.07, 6.45) is 1.78. The van der Waals surface area contributed by atoms with Gasteiger partial charge in [0.2, 0.25) is 0 Å². The molecule has 0 saturated heterocycles. The number of benzene rings is 3. The van der Waals surface area contributed by atoms with Gasteiger partial charge in [-0.2, -0.15) is 0 Å². The van der Waals surface area contributed by atoms with E-state index in [9.17, 15) is 9.90 Å². The highest BCUT2D eigenvalue weighted by molar-refractivity contribution is 9.11. The summed E-state index contributed by atoms with van der Waals surface area (Å²) in [5.74, 6) is -0.0761. The van der Waals surface area contributed by atoms with Crippen molar-refractivity contribution in [3.05, 3.63) is 78.6 Å². The molecule has 0 atom stereocenters. The molecule has 0 aromatic heterocycles. The first kappa shape index (κ1) is 19.5. The Morgan fingerprint density at radius 3 is 2.32 bits per heavy atom. The van der Waals surface area contributed by atoms with Crippen molar-refractivity contribution in [1.29, 1.82) is 0 Å². The molecule has 0 aliphatic carbocycles. The summed E-state index contributed by atoms with van der Waals surface area (Å²) in [7, 11) is 0. The fraction of sp³-hybridized carbons (Fsp3) is 0. The van der Waals surface area contributed by atoms with E-state index in [4.69, 9.17) is 23.2 Å². The Bertz CT molecular complexity index is 1150. The molecule has 28 heavy (non-hydrogen) atoms. The standard InChI is InChI=1S/C21H11Br2Cl2NO2/c22-16-6-10(7-17(23)20(16)27)5-15-14-8-11(1-4-19(14)26-21(15)28)13-3-2-12(24)9-18(13)25/h1-9,27H,(H,26,28)/b15-5-. The minimum Gasteiger partial charge on any atom is -0.506 e. The van der Waals surface area contributed by atoms with Crippen molar-refractivity contribution in [2.75, 3.05) is 5.32 Å². The molecule has 4 rings (SSSR count). The number of phenols is 1. The number of hydrogen-bond donors (Lipinski definition) is 2. The van der Waals surface area contributed by atoms with Crippen LogP contribution in [0.3, 0.4) is 0 Å². The third-order valence-electron chi connectivity index (χ3n) is 4.39. The number of aromatic hydroxyl groups is 1. The van der Waals surface area contributed by atoms with Gasteiger partial charge in [0.1, 0.15) is 5.75 Å². The normalized spacial score (nSPS) is 14.3. The lowest BCUT2D eigenvalue weighted by molar-refractivity contribution is -0.110. The van der Waals surface area contributed by atoms with Crippen molar-refractivity contribution >= 4 is 78.3 Å². The lowest BCUT2D eigenvalue weighted by Crippen LogP contribution is -2.03. The Hall–Kier alpha value is -1.79. The summed E-state index contributed by atoms with van der Waals surface area (Å²) in [5, 5.41) is 13.9. The molecular formula is C21H11Br2Cl2NO2. The average Bonchev–Trinajstić information content (AvgIpc) is 2.94. The molecular weight excluding hydrogens is 529 g/mol. The fourth-order valence-corrected chi connectivity index (χ4v) is 4.80. The van der Waals surface area contributed by atoms with Gasteiger partial charge in [-0.25, -0.2) is 0 Å². The van der Waals surface area contributed by atoms with E-state index >= 15 is 0 Å². The van der Waals surface area contributed by atoms with E-state index in [1.165, 1.54) is 0 Å². The molecule has 0 unspecified atom stereocenters. The predicted molar refractivity (Wildman–Crippen MR) is 122 cm³/mol. The van der Waals surface area contributed by atoms with E-state index < -0.39 is 0 Å². The Balaban J connectivity index is 1.82. The minimum atomic E-state index is -0.185. The van der Waals surface area contributed by atoms with E-state index in [1.807, 2.05) is 24.3 Å². The van der Waals surface area contributed by atoms with Crippen molar-refractivity contribution < 1.29 is 9.90 Å². The molecule has 2 N–H and O–H groups in total. The lowest BCUT2D eigenvalue weighted by atomic mass is 9.98. The lowest BCUT2D eigenvalue weighted by Gasteiger charge is -2.08. The molecule has 0 bridgehead atoms. The van der Waals surface area contributed by atoms with Crippen LogP contribution in [0.5, 0.6) is 5.75 Å². The highest BCUT2D eigenvalue weighted by Gasteiger charge is 2.25. The maximum absolute atomic E-state index is 12.5. The molecule has 0 saturated carbocycles. The van der Waals surface area contributed by atoms with Crippen LogP contribution in [0.4, 0.5) is 5.69 Å². The van der Waals surface area contributed by atoms with E-state index in [1.54, 1.807) is 30.3 Å². The van der Waals surface area contributed by atoms with Crippen LogP contribution in [0.2, 0.25) is 10.0 Å². The second kappa shape index (κ2) is 7.56. The number of hydrogen-bond acceptors (Lipinski definition) is 2. The number of anilines is 1. The zero-order chi connectivity index (χ0) is 20.0. The van der Waals surface area contributed by atoms with Crippen LogP contribution in [-0.2, 0) is 4.79 Å². The summed E-state index contributed by atoms with van der Waals surface area (Å²) in [6, 6.07) is 14.5. The molecule has 3 nitrogen and oxygen atoms in total. The molecule has 0 radical (unpaired) electrons. The molecule has 1 aliphatic rings. The van der Waals surface area contributed by atoms with Crippen LogP contribution < -0.4 is 5.32 Å². The number of fused-ring (bicyclic) bond motifs is 1. The summed E-state index contributed by atoms with van der Waals surface area (Å²) >= 11 is 19.0. The van der Waals surface area contributed by atoms with Gasteiger partial charge in [-0.05, 0) is 85.5 Å². The van der Waals surface area contributed by atoms with Crippen molar-refractivity contribution in [1.82, 2.24) is 0 Å². The molecule has 3 aromatic carbocycles. The van der Waals surface area contributed by atoms with Gasteiger partial charge < -0.3 is 10.4 Å². The molecule has 0 fully saturated rings. The van der Waals surface area contributed by atoms with Gasteiger partial charge in [0.25, 0.3) is 5.91 Å². The summed E-state index contributed by atoms with van der Waals surface area (Å²) < 4.78 is 1.07. The largest absolute Gasteiger partial charge is 0.506 e. The maximum atomic E-state index is 12.5. The van der Waals surface area contributed by atoms with Crippen LogP contribution >= 0.6 is 55.1 Å². The van der Waals surface area contributed by atoms with Crippen molar-refractivity contribution in [3.63, 3.8) is 0 Å². The molecule has 0 spiro atoms. The SMILES string of the molecule is O=C1Nc2ccc(-c3ccc(Cl)cc3Cl)cc2/C1=C/c1cc(Br)c(O)c(Br)c1. The topological polar surface area (TPSA) is 49.3 Å². The molecule has 140 valence electrons. The van der Waals surface area contributed by atoms with Gasteiger partial charge in [-0.1, -0.05) is 35.3 Å². The monoisotopic (exact) mass is 537 g/mol. The first-order valence-electron chi connectivity index (χ1n) is 8.14. The summed E-state index contributed by atoms with van der Waals surface area (Å²) in [4.78, 5) is 12.5. The summed E-state index contributed by atoms with van der Waals surface area (Å²) in [5.41, 5.74) is 4.55. The highest BCUT2D eigenvalue weighted by atomic mass is 79.9. The maximum Gasteiger partial charge on any atom is 0.256 e. The molecule has 1 heterocycles. The van der Waals surface area contributed by atoms with Crippen LogP contribution in [0.15, 0.2) is 57.5 Å². The van der Waals surface area contributed by atoms with Crippen LogP contribution in [0.1, 0.15) is 11.1 Å². The number of carbonyl (C=O) groups is 1. The van der Waals surface area contributed by atoms with E-state index in [2.05, 4.69) is 37.2 Å². The van der Waals surface area contributed by atoms with Gasteiger partial charge in [0.05, 0.1) is 8.95 Å². The number of phenolic OH excluding ortho intramolecular Hbond substituents is 1. The van der Waals surface area contributed by atoms with E-state index in [0.717, 1.165) is 27.9 Å². The van der Waals surface area contributed by atoms with Crippen molar-refractivity contribution in [2.45, 2.75) is 0 Å². The van der Waals surface area contributed by atoms with Gasteiger partial charge in [-0.15, -0.1) is 0 Å². The predicted octanol–water partition coefficient (Wildman–Crippen LogP) is 7.38. The average molecular weight is 540 g/mol. The van der Waals surface area contributed by atoms with Crippen molar-refractivity contribution in [2.24, 2.45) is 0 Å². The fourth-order valence-electron chi connectivity index (χ4n) is 3.06. The van der Waals surface area contributed by atoms with Crippen LogP contribution in [-0.4, -0.2) is 11.0 Å². The number of amides is 1. The molecule has 3 aromatic rings. The number of carbonyl (C=O) groups excluding carboxylic acids is 1. The van der Waals surface area contributed by atoms with Crippen LogP contribution in [0.25, 0.3) is 22.8 Å². The first-order valence-corrected chi connectivity index (χ1v) is 10.5. The van der Waals surface area contributed by atoms with Crippen molar-refractivity contribution in [3.8, 4) is 16.9 Å². The summed E-state index contributed by atoms with van der Waals surface area (Å²) in [6.45, 7) is 0. The third-order valence-corrected chi connectivity index (χ3v) is 6.15. The Morgan fingerprint density at radius 2 is 1.64 bits per heavy atom. The Labute approximate surface area is 188 Å². The zero-order valence-electron chi connectivity index (χ0n) is 14.1. The first-order chi connectivity index (χ1) is 13.3. The molecule has 7 heteroatoms. The Kier molecular flexibility index (Phi) is 5.27. The van der Waals surface area contributed by atoms with Gasteiger partial charge in [0, 0.05) is 32.4 Å². The minimum absolute atomic E-state index is 0.109. The van der Waals surface area contributed by atoms with E-state index in [-0.39, 0.29) is 11.7 Å². The number of nitrogens with one attached hydrogen (secondary N) is 1. The third kappa shape index (κ3) is 3.60. The highest BCUT2D eigenvalue weighted by Crippen LogP contribution is 2.40. The number of halogens is 4. The van der Waals surface area contributed by atoms with Crippen LogP contribution in [0, 0.1) is 0 Å². The Morgan fingerprint density at radius 1 is 0.929 bits per heavy atom. The quantitative estimate of drug-likeness (QED) is 0.334. The molecule has 1 amide bonds. The van der Waals surface area contributed by atoms with Gasteiger partial charge in [-0.3, -0.25) is 4.79 Å². The zero-order valence-corrected chi connectivity index (χ0v) is 18.7. The second-order valence-electron chi connectivity index (χ2n) is 6.23. The second-order valence-corrected chi connectivity index (χ2v) is 8.78. The van der Waals surface area contributed by atoms with Gasteiger partial charge in [0.15, 0.2) is 0 Å². The smallest absolute Gasteiger partial charge is 0.256 e.